The summed E-state index contributed by atoms with van der Waals surface area (Å²) in [7, 11) is -3.97. The second-order valence-electron chi connectivity index (χ2n) is 7.27. The number of fused-ring (bicyclic) bond motifs is 1. The van der Waals surface area contributed by atoms with Gasteiger partial charge in [-0.2, -0.15) is 0 Å². The highest BCUT2D eigenvalue weighted by Gasteiger charge is 2.22. The molecule has 0 aliphatic heterocycles. The monoisotopic (exact) mass is 478 g/mol. The second-order valence-corrected chi connectivity index (χ2v) is 8.96. The van der Waals surface area contributed by atoms with E-state index in [4.69, 9.17) is 0 Å². The number of carboxylic acid groups (broad SMARTS) is 1. The molecule has 0 spiro atoms. The summed E-state index contributed by atoms with van der Waals surface area (Å²) in [4.78, 5) is 40.5. The fourth-order valence-corrected chi connectivity index (χ4v) is 4.11. The van der Waals surface area contributed by atoms with Gasteiger partial charge in [-0.05, 0) is 56.3 Å². The van der Waals surface area contributed by atoms with E-state index in [2.05, 4.69) is 30.0 Å². The number of para-hydroxylation sites is 2. The molecule has 11 nitrogen and oxygen atoms in total. The summed E-state index contributed by atoms with van der Waals surface area (Å²) in [6, 6.07) is 13.6. The number of aromatic nitrogens is 4. The second kappa shape index (κ2) is 8.83. The first-order valence-corrected chi connectivity index (χ1v) is 11.4. The van der Waals surface area contributed by atoms with Crippen molar-refractivity contribution in [3.05, 3.63) is 77.4 Å². The molecule has 0 radical (unpaired) electrons. The topological polar surface area (TPSA) is 164 Å². The van der Waals surface area contributed by atoms with E-state index in [1.807, 2.05) is 0 Å². The molecule has 0 fully saturated rings. The van der Waals surface area contributed by atoms with E-state index in [0.29, 0.717) is 22.4 Å². The molecule has 0 unspecified atom stereocenters. The number of carboxylic acids is 1. The van der Waals surface area contributed by atoms with E-state index in [-0.39, 0.29) is 22.2 Å². The van der Waals surface area contributed by atoms with Gasteiger partial charge < -0.3 is 10.4 Å². The molecule has 0 saturated heterocycles. The minimum atomic E-state index is -3.97. The van der Waals surface area contributed by atoms with Gasteiger partial charge in [0.1, 0.15) is 0 Å². The lowest BCUT2D eigenvalue weighted by Gasteiger charge is -2.10. The molecular formula is C22H18N6O5S. The molecule has 0 saturated carbocycles. The average molecular weight is 478 g/mol. The molecule has 2 aromatic heterocycles. The zero-order chi connectivity index (χ0) is 24.5. The number of rotatable bonds is 6. The normalized spacial score (nSPS) is 11.2. The van der Waals surface area contributed by atoms with Gasteiger partial charge in [-0.1, -0.05) is 12.1 Å². The van der Waals surface area contributed by atoms with Crippen molar-refractivity contribution in [1.82, 2.24) is 19.9 Å². The SMILES string of the molecule is Cc1cc(C)nc(NS(=O)(=O)c2ccc(NC(=O)c3nc4ccccc4nc3C(=O)O)cc2)n1. The highest BCUT2D eigenvalue weighted by molar-refractivity contribution is 7.92. The van der Waals surface area contributed by atoms with E-state index in [9.17, 15) is 23.1 Å². The van der Waals surface area contributed by atoms with Crippen LogP contribution >= 0.6 is 0 Å². The number of aryl methyl sites for hydroxylation is 2. The number of benzene rings is 2. The predicted molar refractivity (Wildman–Crippen MR) is 123 cm³/mol. The molecular weight excluding hydrogens is 460 g/mol. The minimum Gasteiger partial charge on any atom is -0.476 e. The molecule has 0 aliphatic carbocycles. The summed E-state index contributed by atoms with van der Waals surface area (Å²) in [5, 5.41) is 12.0. The fraction of sp³-hybridized carbons (Fsp3) is 0.0909. The number of carbonyl (C=O) groups excluding carboxylic acids is 1. The van der Waals surface area contributed by atoms with Crippen LogP contribution in [-0.2, 0) is 10.0 Å². The van der Waals surface area contributed by atoms with Gasteiger partial charge in [-0.15, -0.1) is 0 Å². The average Bonchev–Trinajstić information content (AvgIpc) is 2.77. The molecule has 12 heteroatoms. The van der Waals surface area contributed by atoms with Crippen molar-refractivity contribution >= 4 is 44.6 Å². The first kappa shape index (κ1) is 22.7. The van der Waals surface area contributed by atoms with Gasteiger partial charge in [0.25, 0.3) is 15.9 Å². The summed E-state index contributed by atoms with van der Waals surface area (Å²) in [6.07, 6.45) is 0. The van der Waals surface area contributed by atoms with Crippen LogP contribution in [0.4, 0.5) is 11.6 Å². The maximum atomic E-state index is 12.7. The van der Waals surface area contributed by atoms with Gasteiger partial charge in [0, 0.05) is 17.1 Å². The largest absolute Gasteiger partial charge is 0.476 e. The van der Waals surface area contributed by atoms with E-state index in [0.717, 1.165) is 0 Å². The van der Waals surface area contributed by atoms with Crippen LogP contribution in [0.1, 0.15) is 32.4 Å². The Labute approximate surface area is 194 Å². The van der Waals surface area contributed by atoms with Gasteiger partial charge in [0.05, 0.1) is 15.9 Å². The zero-order valence-electron chi connectivity index (χ0n) is 18.0. The number of sulfonamides is 1. The highest BCUT2D eigenvalue weighted by Crippen LogP contribution is 2.19. The molecule has 0 bridgehead atoms. The first-order chi connectivity index (χ1) is 16.1. The van der Waals surface area contributed by atoms with Crippen LogP contribution in [0.25, 0.3) is 11.0 Å². The van der Waals surface area contributed by atoms with Gasteiger partial charge in [0.15, 0.2) is 11.4 Å². The van der Waals surface area contributed by atoms with Crippen molar-refractivity contribution in [3.8, 4) is 0 Å². The minimum absolute atomic E-state index is 0.0500. The Morgan fingerprint density at radius 3 is 1.94 bits per heavy atom. The molecule has 34 heavy (non-hydrogen) atoms. The summed E-state index contributed by atoms with van der Waals surface area (Å²) in [5.41, 5.74) is 1.30. The van der Waals surface area contributed by atoms with E-state index < -0.39 is 27.6 Å². The van der Waals surface area contributed by atoms with Gasteiger partial charge in [0.2, 0.25) is 5.95 Å². The lowest BCUT2D eigenvalue weighted by atomic mass is 10.2. The van der Waals surface area contributed by atoms with Crippen molar-refractivity contribution in [2.75, 3.05) is 10.0 Å². The van der Waals surface area contributed by atoms with E-state index in [1.165, 1.54) is 24.3 Å². The number of hydrogen-bond donors (Lipinski definition) is 3. The number of aromatic carboxylic acids is 1. The summed E-state index contributed by atoms with van der Waals surface area (Å²) >= 11 is 0. The number of nitrogens with zero attached hydrogens (tertiary/aromatic N) is 4. The Morgan fingerprint density at radius 2 is 1.38 bits per heavy atom. The maximum absolute atomic E-state index is 12.7. The Hall–Kier alpha value is -4.45. The maximum Gasteiger partial charge on any atom is 0.357 e. The van der Waals surface area contributed by atoms with Crippen LogP contribution in [0.3, 0.4) is 0 Å². The first-order valence-electron chi connectivity index (χ1n) is 9.89. The molecule has 4 aromatic rings. The van der Waals surface area contributed by atoms with Gasteiger partial charge in [-0.25, -0.2) is 37.9 Å². The zero-order valence-corrected chi connectivity index (χ0v) is 18.8. The lowest BCUT2D eigenvalue weighted by Crippen LogP contribution is -2.20. The number of nitrogens with one attached hydrogen (secondary N) is 2. The van der Waals surface area contributed by atoms with Crippen molar-refractivity contribution in [2.24, 2.45) is 0 Å². The van der Waals surface area contributed by atoms with Crippen LogP contribution in [0.15, 0.2) is 59.5 Å². The lowest BCUT2D eigenvalue weighted by molar-refractivity contribution is 0.0685. The third-order valence-corrected chi connectivity index (χ3v) is 5.96. The Morgan fingerprint density at radius 1 is 0.824 bits per heavy atom. The van der Waals surface area contributed by atoms with Crippen molar-refractivity contribution in [2.45, 2.75) is 18.7 Å². The molecule has 0 atom stereocenters. The van der Waals surface area contributed by atoms with Crippen LogP contribution < -0.4 is 10.0 Å². The summed E-state index contributed by atoms with van der Waals surface area (Å²) in [6.45, 7) is 3.44. The third kappa shape index (κ3) is 4.81. The number of anilines is 2. The van der Waals surface area contributed by atoms with Gasteiger partial charge >= 0.3 is 5.97 Å². The van der Waals surface area contributed by atoms with Gasteiger partial charge in [-0.3, -0.25) is 4.79 Å². The third-order valence-electron chi connectivity index (χ3n) is 4.62. The highest BCUT2D eigenvalue weighted by atomic mass is 32.2. The van der Waals surface area contributed by atoms with Crippen molar-refractivity contribution < 1.29 is 23.1 Å². The fourth-order valence-electron chi connectivity index (χ4n) is 3.17. The van der Waals surface area contributed by atoms with Crippen LogP contribution in [0.2, 0.25) is 0 Å². The molecule has 1 amide bonds. The van der Waals surface area contributed by atoms with Crippen LogP contribution in [-0.4, -0.2) is 45.3 Å². The molecule has 3 N–H and O–H groups in total. The number of amides is 1. The number of carbonyl (C=O) groups is 2. The summed E-state index contributed by atoms with van der Waals surface area (Å²) < 4.78 is 27.6. The Balaban J connectivity index is 1.56. The Bertz CT molecular complexity index is 1520. The van der Waals surface area contributed by atoms with Crippen LogP contribution in [0.5, 0.6) is 0 Å². The van der Waals surface area contributed by atoms with E-state index in [1.54, 1.807) is 44.2 Å². The molecule has 4 rings (SSSR count). The smallest absolute Gasteiger partial charge is 0.357 e. The molecule has 172 valence electrons. The van der Waals surface area contributed by atoms with Crippen molar-refractivity contribution in [1.29, 1.82) is 0 Å². The molecule has 0 aliphatic rings. The van der Waals surface area contributed by atoms with Crippen LogP contribution in [0, 0.1) is 13.8 Å². The predicted octanol–water partition coefficient (Wildman–Crippen LogP) is 2.79. The van der Waals surface area contributed by atoms with E-state index >= 15 is 0 Å². The van der Waals surface area contributed by atoms with Crippen molar-refractivity contribution in [3.63, 3.8) is 0 Å². The standard InChI is InChI=1S/C22H18N6O5S/c1-12-11-13(2)24-22(23-12)28-34(32,33)15-9-7-14(8-10-15)25-20(29)18-19(21(30)31)27-17-6-4-3-5-16(17)26-18/h3-11H,1-2H3,(H,25,29)(H,30,31)(H,23,24,28). The Kier molecular flexibility index (Phi) is 5.90. The molecule has 2 heterocycles. The number of hydrogen-bond acceptors (Lipinski definition) is 8. The quantitative estimate of drug-likeness (QED) is 0.378. The molecule has 2 aromatic carbocycles. The summed E-state index contributed by atoms with van der Waals surface area (Å²) in [5.74, 6) is -2.25.